The third-order valence-electron chi connectivity index (χ3n) is 4.24. The molecule has 0 spiro atoms. The molecule has 0 aromatic rings. The van der Waals surface area contributed by atoms with E-state index in [-0.39, 0.29) is 35.0 Å². The number of rotatable bonds is 3. The van der Waals surface area contributed by atoms with Crippen molar-refractivity contribution in [2.45, 2.75) is 58.7 Å². The molecule has 18 heavy (non-hydrogen) atoms. The predicted octanol–water partition coefficient (Wildman–Crippen LogP) is 2.38. The first-order valence-electron chi connectivity index (χ1n) is 6.32. The SMILES string of the molecule is CN=C(NC(C)C)NC1CC(C)(OC)C1(C)C.I. The third kappa shape index (κ3) is 3.29. The fraction of sp³-hybridized carbons (Fsp3) is 0.923. The number of aliphatic imine (C=N–C) groups is 1. The summed E-state index contributed by atoms with van der Waals surface area (Å²) < 4.78 is 5.62. The van der Waals surface area contributed by atoms with Crippen LogP contribution >= 0.6 is 24.0 Å². The van der Waals surface area contributed by atoms with E-state index >= 15 is 0 Å². The van der Waals surface area contributed by atoms with Crippen LogP contribution in [0.5, 0.6) is 0 Å². The topological polar surface area (TPSA) is 45.7 Å². The Morgan fingerprint density at radius 1 is 1.33 bits per heavy atom. The normalized spacial score (nSPS) is 30.4. The van der Waals surface area contributed by atoms with Crippen molar-refractivity contribution in [3.63, 3.8) is 0 Å². The average molecular weight is 369 g/mol. The molecule has 0 amide bonds. The maximum Gasteiger partial charge on any atom is 0.191 e. The van der Waals surface area contributed by atoms with Crippen LogP contribution in [0.15, 0.2) is 4.99 Å². The molecule has 4 nitrogen and oxygen atoms in total. The van der Waals surface area contributed by atoms with Crippen molar-refractivity contribution in [1.82, 2.24) is 10.6 Å². The van der Waals surface area contributed by atoms with E-state index in [9.17, 15) is 0 Å². The Morgan fingerprint density at radius 3 is 2.22 bits per heavy atom. The zero-order chi connectivity index (χ0) is 13.3. The number of methoxy groups -OCH3 is 1. The summed E-state index contributed by atoms with van der Waals surface area (Å²) in [7, 11) is 3.60. The molecule has 1 saturated carbocycles. The number of ether oxygens (including phenoxy) is 1. The van der Waals surface area contributed by atoms with Crippen LogP contribution in [0.2, 0.25) is 0 Å². The molecule has 1 rings (SSSR count). The standard InChI is InChI=1S/C13H27N3O.HI/c1-9(2)15-11(14-6)16-10-8-13(5,17-7)12(10,3)4;/h9-10H,8H2,1-7H3,(H2,14,15,16);1H. The molecule has 1 aliphatic carbocycles. The van der Waals surface area contributed by atoms with E-state index in [2.05, 4.69) is 50.2 Å². The minimum absolute atomic E-state index is 0. The third-order valence-corrected chi connectivity index (χ3v) is 4.24. The fourth-order valence-corrected chi connectivity index (χ4v) is 2.33. The van der Waals surface area contributed by atoms with Crippen LogP contribution in [0.4, 0.5) is 0 Å². The van der Waals surface area contributed by atoms with E-state index < -0.39 is 0 Å². The highest BCUT2D eigenvalue weighted by Gasteiger charge is 2.58. The number of nitrogens with zero attached hydrogens (tertiary/aromatic N) is 1. The molecule has 0 saturated heterocycles. The van der Waals surface area contributed by atoms with Crippen LogP contribution < -0.4 is 10.6 Å². The van der Waals surface area contributed by atoms with E-state index in [0.717, 1.165) is 12.4 Å². The zero-order valence-corrected chi connectivity index (χ0v) is 15.0. The average Bonchev–Trinajstić information content (AvgIpc) is 2.26. The van der Waals surface area contributed by atoms with Gasteiger partial charge in [0, 0.05) is 31.7 Å². The maximum atomic E-state index is 5.62. The Morgan fingerprint density at radius 2 is 1.89 bits per heavy atom. The van der Waals surface area contributed by atoms with Gasteiger partial charge in [-0.3, -0.25) is 4.99 Å². The van der Waals surface area contributed by atoms with Gasteiger partial charge in [-0.2, -0.15) is 0 Å². The van der Waals surface area contributed by atoms with E-state index in [1.165, 1.54) is 0 Å². The van der Waals surface area contributed by atoms with Gasteiger partial charge < -0.3 is 15.4 Å². The molecule has 108 valence electrons. The van der Waals surface area contributed by atoms with Crippen molar-refractivity contribution in [1.29, 1.82) is 0 Å². The van der Waals surface area contributed by atoms with Gasteiger partial charge in [0.25, 0.3) is 0 Å². The Labute approximate surface area is 128 Å². The van der Waals surface area contributed by atoms with Crippen LogP contribution in [-0.2, 0) is 4.74 Å². The molecule has 0 radical (unpaired) electrons. The fourth-order valence-electron chi connectivity index (χ4n) is 2.33. The molecular weight excluding hydrogens is 341 g/mol. The van der Waals surface area contributed by atoms with Gasteiger partial charge in [0.15, 0.2) is 5.96 Å². The summed E-state index contributed by atoms with van der Waals surface area (Å²) >= 11 is 0. The number of guanidine groups is 1. The summed E-state index contributed by atoms with van der Waals surface area (Å²) in [6.07, 6.45) is 1.01. The largest absolute Gasteiger partial charge is 0.378 e. The molecule has 0 bridgehead atoms. The first-order chi connectivity index (χ1) is 7.76. The minimum atomic E-state index is -0.0403. The highest BCUT2D eigenvalue weighted by molar-refractivity contribution is 14.0. The molecule has 2 N–H and O–H groups in total. The highest BCUT2D eigenvalue weighted by Crippen LogP contribution is 2.51. The number of hydrogen-bond acceptors (Lipinski definition) is 2. The lowest BCUT2D eigenvalue weighted by Gasteiger charge is -2.59. The summed E-state index contributed by atoms with van der Waals surface area (Å²) in [6.45, 7) is 10.9. The molecule has 0 aliphatic heterocycles. The Balaban J connectivity index is 0.00000289. The summed E-state index contributed by atoms with van der Waals surface area (Å²) in [5, 5.41) is 6.78. The van der Waals surface area contributed by atoms with E-state index in [4.69, 9.17) is 4.74 Å². The molecule has 5 heteroatoms. The van der Waals surface area contributed by atoms with Gasteiger partial charge in [-0.15, -0.1) is 24.0 Å². The second kappa shape index (κ2) is 6.41. The first kappa shape index (κ1) is 18.0. The second-order valence-electron chi connectivity index (χ2n) is 5.93. The van der Waals surface area contributed by atoms with Gasteiger partial charge in [0.2, 0.25) is 0 Å². The predicted molar refractivity (Wildman–Crippen MR) is 87.8 cm³/mol. The maximum absolute atomic E-state index is 5.62. The van der Waals surface area contributed by atoms with Crippen molar-refractivity contribution >= 4 is 29.9 Å². The van der Waals surface area contributed by atoms with Crippen molar-refractivity contribution in [3.05, 3.63) is 0 Å². The van der Waals surface area contributed by atoms with Crippen molar-refractivity contribution in [2.24, 2.45) is 10.4 Å². The van der Waals surface area contributed by atoms with Gasteiger partial charge in [-0.25, -0.2) is 0 Å². The van der Waals surface area contributed by atoms with Gasteiger partial charge in [0.05, 0.1) is 5.60 Å². The van der Waals surface area contributed by atoms with Crippen molar-refractivity contribution in [2.75, 3.05) is 14.2 Å². The van der Waals surface area contributed by atoms with Crippen LogP contribution in [0.1, 0.15) is 41.0 Å². The molecule has 0 aromatic carbocycles. The van der Waals surface area contributed by atoms with Crippen LogP contribution in [-0.4, -0.2) is 37.8 Å². The van der Waals surface area contributed by atoms with Crippen molar-refractivity contribution < 1.29 is 4.74 Å². The van der Waals surface area contributed by atoms with Gasteiger partial charge >= 0.3 is 0 Å². The Bertz CT molecular complexity index is 305. The lowest BCUT2D eigenvalue weighted by Crippen LogP contribution is -2.69. The van der Waals surface area contributed by atoms with Crippen molar-refractivity contribution in [3.8, 4) is 0 Å². The van der Waals surface area contributed by atoms with Crippen LogP contribution in [0.25, 0.3) is 0 Å². The lowest BCUT2D eigenvalue weighted by atomic mass is 9.56. The molecule has 2 unspecified atom stereocenters. The van der Waals surface area contributed by atoms with E-state index in [1.54, 1.807) is 14.2 Å². The van der Waals surface area contributed by atoms with Crippen LogP contribution in [0.3, 0.4) is 0 Å². The molecule has 0 aromatic heterocycles. The summed E-state index contributed by atoms with van der Waals surface area (Å²) in [5.41, 5.74) is 0.0672. The number of hydrogen-bond donors (Lipinski definition) is 2. The molecule has 2 atom stereocenters. The Kier molecular flexibility index (Phi) is 6.40. The van der Waals surface area contributed by atoms with E-state index in [1.807, 2.05) is 0 Å². The number of halogens is 1. The molecule has 1 fully saturated rings. The monoisotopic (exact) mass is 369 g/mol. The summed E-state index contributed by atoms with van der Waals surface area (Å²) in [5.74, 6) is 0.872. The van der Waals surface area contributed by atoms with Gasteiger partial charge in [-0.05, 0) is 27.2 Å². The van der Waals surface area contributed by atoms with Gasteiger partial charge in [-0.1, -0.05) is 13.8 Å². The molecule has 1 aliphatic rings. The number of nitrogens with one attached hydrogen (secondary N) is 2. The zero-order valence-electron chi connectivity index (χ0n) is 12.6. The summed E-state index contributed by atoms with van der Waals surface area (Å²) in [6, 6.07) is 0.788. The summed E-state index contributed by atoms with van der Waals surface area (Å²) in [4.78, 5) is 4.24. The van der Waals surface area contributed by atoms with Crippen LogP contribution in [0, 0.1) is 5.41 Å². The Hall–Kier alpha value is -0.0400. The smallest absolute Gasteiger partial charge is 0.191 e. The first-order valence-corrected chi connectivity index (χ1v) is 6.32. The minimum Gasteiger partial charge on any atom is -0.378 e. The molecular formula is C13H28IN3O. The quantitative estimate of drug-likeness (QED) is 0.456. The lowest BCUT2D eigenvalue weighted by molar-refractivity contribution is -0.176. The van der Waals surface area contributed by atoms with E-state index in [0.29, 0.717) is 12.1 Å². The second-order valence-corrected chi connectivity index (χ2v) is 5.93. The molecule has 0 heterocycles. The highest BCUT2D eigenvalue weighted by atomic mass is 127. The van der Waals surface area contributed by atoms with Gasteiger partial charge in [0.1, 0.15) is 0 Å².